The van der Waals surface area contributed by atoms with Crippen LogP contribution in [0.25, 0.3) is 0 Å². The zero-order valence-corrected chi connectivity index (χ0v) is 11.3. The highest BCUT2D eigenvalue weighted by atomic mass is 35.5. The number of pyridine rings is 1. The minimum atomic E-state index is 0.00426. The minimum absolute atomic E-state index is 0.00426. The van der Waals surface area contributed by atoms with Crippen molar-refractivity contribution in [2.45, 2.75) is 26.2 Å². The first kappa shape index (κ1) is 13.1. The van der Waals surface area contributed by atoms with Crippen molar-refractivity contribution in [3.05, 3.63) is 22.8 Å². The highest BCUT2D eigenvalue weighted by molar-refractivity contribution is 6.29. The highest BCUT2D eigenvalue weighted by Gasteiger charge is 2.26. The molecule has 0 aromatic carbocycles. The van der Waals surface area contributed by atoms with E-state index in [1.807, 2.05) is 4.90 Å². The van der Waals surface area contributed by atoms with E-state index >= 15 is 0 Å². The average Bonchev–Trinajstić information content (AvgIpc) is 2.76. The first-order valence-corrected chi connectivity index (χ1v) is 6.70. The molecule has 1 fully saturated rings. The molecule has 0 aliphatic carbocycles. The van der Waals surface area contributed by atoms with Gasteiger partial charge in [0.2, 0.25) is 0 Å². The number of nitrogens with zero attached hydrogens (tertiary/aromatic N) is 2. The summed E-state index contributed by atoms with van der Waals surface area (Å²) in [7, 11) is 0. The summed E-state index contributed by atoms with van der Waals surface area (Å²) in [6.45, 7) is 3.84. The van der Waals surface area contributed by atoms with E-state index in [2.05, 4.69) is 11.9 Å². The molecule has 1 aromatic heterocycles. The van der Waals surface area contributed by atoms with Crippen molar-refractivity contribution in [2.24, 2.45) is 5.92 Å². The molecule has 18 heavy (non-hydrogen) atoms. The second-order valence-corrected chi connectivity index (χ2v) is 5.19. The van der Waals surface area contributed by atoms with Crippen molar-refractivity contribution >= 4 is 23.3 Å². The van der Waals surface area contributed by atoms with Crippen LogP contribution >= 0.6 is 11.6 Å². The van der Waals surface area contributed by atoms with E-state index in [-0.39, 0.29) is 16.9 Å². The van der Waals surface area contributed by atoms with Gasteiger partial charge in [0.1, 0.15) is 11.0 Å². The van der Waals surface area contributed by atoms with Crippen molar-refractivity contribution in [2.75, 3.05) is 18.8 Å². The van der Waals surface area contributed by atoms with Gasteiger partial charge in [-0.3, -0.25) is 4.79 Å². The standard InChI is InChI=1S/C13H18ClN3O/c1-2-3-9-4-5-17(8-9)13(18)10-6-11(14)16-12(15)7-10/h6-7,9H,2-5,8H2,1H3,(H2,15,16). The molecule has 0 bridgehead atoms. The number of carbonyl (C=O) groups is 1. The molecular weight excluding hydrogens is 250 g/mol. The largest absolute Gasteiger partial charge is 0.384 e. The van der Waals surface area contributed by atoms with E-state index in [1.165, 1.54) is 12.8 Å². The topological polar surface area (TPSA) is 59.2 Å². The van der Waals surface area contributed by atoms with E-state index < -0.39 is 0 Å². The molecule has 2 heterocycles. The van der Waals surface area contributed by atoms with Gasteiger partial charge in [0, 0.05) is 18.7 Å². The van der Waals surface area contributed by atoms with Gasteiger partial charge in [0.15, 0.2) is 0 Å². The highest BCUT2D eigenvalue weighted by Crippen LogP contribution is 2.23. The SMILES string of the molecule is CCCC1CCN(C(=O)c2cc(N)nc(Cl)c2)C1. The molecular formula is C13H18ClN3O. The zero-order valence-electron chi connectivity index (χ0n) is 10.5. The van der Waals surface area contributed by atoms with Crippen LogP contribution in [0.3, 0.4) is 0 Å². The summed E-state index contributed by atoms with van der Waals surface area (Å²) in [5.41, 5.74) is 6.14. The van der Waals surface area contributed by atoms with Crippen LogP contribution < -0.4 is 5.73 Å². The quantitative estimate of drug-likeness (QED) is 0.857. The Balaban J connectivity index is 2.08. The van der Waals surface area contributed by atoms with Gasteiger partial charge < -0.3 is 10.6 Å². The third-order valence-electron chi connectivity index (χ3n) is 3.33. The van der Waals surface area contributed by atoms with Crippen LogP contribution in [0.15, 0.2) is 12.1 Å². The summed E-state index contributed by atoms with van der Waals surface area (Å²) in [5, 5.41) is 0.266. The summed E-state index contributed by atoms with van der Waals surface area (Å²) in [6, 6.07) is 3.16. The molecule has 1 atom stereocenters. The molecule has 98 valence electrons. The first-order chi connectivity index (χ1) is 8.60. The number of halogens is 1. The minimum Gasteiger partial charge on any atom is -0.384 e. The summed E-state index contributed by atoms with van der Waals surface area (Å²) in [5.74, 6) is 0.924. The Labute approximate surface area is 112 Å². The Morgan fingerprint density at radius 2 is 2.39 bits per heavy atom. The predicted octanol–water partition coefficient (Wildman–Crippen LogP) is 2.58. The number of carbonyl (C=O) groups excluding carboxylic acids is 1. The number of rotatable bonds is 3. The fourth-order valence-electron chi connectivity index (χ4n) is 2.48. The van der Waals surface area contributed by atoms with Crippen LogP contribution in [0, 0.1) is 5.92 Å². The van der Waals surface area contributed by atoms with Crippen molar-refractivity contribution in [1.82, 2.24) is 9.88 Å². The number of aromatic nitrogens is 1. The monoisotopic (exact) mass is 267 g/mol. The Kier molecular flexibility index (Phi) is 4.07. The predicted molar refractivity (Wildman–Crippen MR) is 72.6 cm³/mol. The Hall–Kier alpha value is -1.29. The van der Waals surface area contributed by atoms with Crippen molar-refractivity contribution < 1.29 is 4.79 Å². The number of amides is 1. The van der Waals surface area contributed by atoms with E-state index in [9.17, 15) is 4.79 Å². The van der Waals surface area contributed by atoms with Crippen LogP contribution in [0.5, 0.6) is 0 Å². The Morgan fingerprint density at radius 3 is 3.06 bits per heavy atom. The van der Waals surface area contributed by atoms with Gasteiger partial charge >= 0.3 is 0 Å². The second kappa shape index (κ2) is 5.57. The van der Waals surface area contributed by atoms with Gasteiger partial charge in [0.05, 0.1) is 0 Å². The second-order valence-electron chi connectivity index (χ2n) is 4.80. The molecule has 1 aromatic rings. The van der Waals surface area contributed by atoms with Crippen LogP contribution in [0.2, 0.25) is 5.15 Å². The van der Waals surface area contributed by atoms with Gasteiger partial charge in [-0.2, -0.15) is 0 Å². The molecule has 4 nitrogen and oxygen atoms in total. The maximum atomic E-state index is 12.3. The normalized spacial score (nSPS) is 19.2. The van der Waals surface area contributed by atoms with Crippen molar-refractivity contribution in [3.63, 3.8) is 0 Å². The molecule has 1 amide bonds. The molecule has 0 spiro atoms. The maximum Gasteiger partial charge on any atom is 0.254 e. The molecule has 1 aliphatic heterocycles. The van der Waals surface area contributed by atoms with Gasteiger partial charge in [-0.15, -0.1) is 0 Å². The summed E-state index contributed by atoms with van der Waals surface area (Å²) in [4.78, 5) is 18.0. The lowest BCUT2D eigenvalue weighted by Crippen LogP contribution is -2.28. The summed E-state index contributed by atoms with van der Waals surface area (Å²) >= 11 is 5.82. The van der Waals surface area contributed by atoms with Crippen molar-refractivity contribution in [1.29, 1.82) is 0 Å². The van der Waals surface area contributed by atoms with Crippen LogP contribution in [0.4, 0.5) is 5.82 Å². The number of hydrogen-bond donors (Lipinski definition) is 1. The lowest BCUT2D eigenvalue weighted by atomic mass is 10.0. The molecule has 2 N–H and O–H groups in total. The van der Waals surface area contributed by atoms with Crippen LogP contribution in [0.1, 0.15) is 36.5 Å². The smallest absolute Gasteiger partial charge is 0.254 e. The molecule has 1 aliphatic rings. The summed E-state index contributed by atoms with van der Waals surface area (Å²) in [6.07, 6.45) is 3.44. The molecule has 1 unspecified atom stereocenters. The maximum absolute atomic E-state index is 12.3. The molecule has 0 saturated carbocycles. The van der Waals surface area contributed by atoms with Gasteiger partial charge in [-0.25, -0.2) is 4.98 Å². The number of nitrogens with two attached hydrogens (primary N) is 1. The number of hydrogen-bond acceptors (Lipinski definition) is 3. The number of anilines is 1. The molecule has 1 saturated heterocycles. The fraction of sp³-hybridized carbons (Fsp3) is 0.538. The number of nitrogen functional groups attached to an aromatic ring is 1. The third kappa shape index (κ3) is 2.93. The van der Waals surface area contributed by atoms with E-state index in [1.54, 1.807) is 12.1 Å². The van der Waals surface area contributed by atoms with Crippen molar-refractivity contribution in [3.8, 4) is 0 Å². The Bertz CT molecular complexity index is 430. The Morgan fingerprint density at radius 1 is 1.61 bits per heavy atom. The zero-order chi connectivity index (χ0) is 13.1. The van der Waals surface area contributed by atoms with Gasteiger partial charge in [-0.1, -0.05) is 24.9 Å². The van der Waals surface area contributed by atoms with E-state index in [0.717, 1.165) is 19.5 Å². The van der Waals surface area contributed by atoms with Crippen LogP contribution in [-0.2, 0) is 0 Å². The average molecular weight is 268 g/mol. The van der Waals surface area contributed by atoms with Crippen LogP contribution in [-0.4, -0.2) is 28.9 Å². The van der Waals surface area contributed by atoms with E-state index in [4.69, 9.17) is 17.3 Å². The van der Waals surface area contributed by atoms with Gasteiger partial charge in [0.25, 0.3) is 5.91 Å². The first-order valence-electron chi connectivity index (χ1n) is 6.32. The third-order valence-corrected chi connectivity index (χ3v) is 3.52. The molecule has 0 radical (unpaired) electrons. The van der Waals surface area contributed by atoms with E-state index in [0.29, 0.717) is 11.5 Å². The fourth-order valence-corrected chi connectivity index (χ4v) is 2.70. The molecule has 5 heteroatoms. The van der Waals surface area contributed by atoms with Gasteiger partial charge in [-0.05, 0) is 30.9 Å². The lowest BCUT2D eigenvalue weighted by Gasteiger charge is -2.16. The number of likely N-dealkylation sites (tertiary alicyclic amines) is 1. The molecule has 2 rings (SSSR count). The lowest BCUT2D eigenvalue weighted by molar-refractivity contribution is 0.0786. The summed E-state index contributed by atoms with van der Waals surface area (Å²) < 4.78 is 0.